The minimum Gasteiger partial charge on any atom is -0.483 e. The first-order chi connectivity index (χ1) is 14.5. The molecule has 160 valence electrons. The van der Waals surface area contributed by atoms with Gasteiger partial charge in [-0.1, -0.05) is 38.1 Å². The Kier molecular flexibility index (Phi) is 7.71. The van der Waals surface area contributed by atoms with Crippen molar-refractivity contribution in [2.45, 2.75) is 52.5 Å². The minimum absolute atomic E-state index is 0.00881. The monoisotopic (exact) mass is 425 g/mol. The SMILES string of the molecule is Cc1ccc(C(C)C)c(OCC(=O)N(Cc2cccs2)C2=CCCCC(NN)=C2)c1. The number of rotatable bonds is 8. The van der Waals surface area contributed by atoms with E-state index in [0.29, 0.717) is 12.5 Å². The number of amides is 1. The van der Waals surface area contributed by atoms with Crippen LogP contribution in [0.25, 0.3) is 0 Å². The van der Waals surface area contributed by atoms with E-state index in [1.54, 1.807) is 16.2 Å². The maximum atomic E-state index is 13.3. The number of carbonyl (C=O) groups is 1. The van der Waals surface area contributed by atoms with Crippen molar-refractivity contribution in [2.75, 3.05) is 6.61 Å². The van der Waals surface area contributed by atoms with Crippen molar-refractivity contribution >= 4 is 17.2 Å². The van der Waals surface area contributed by atoms with E-state index < -0.39 is 0 Å². The van der Waals surface area contributed by atoms with Gasteiger partial charge in [0, 0.05) is 16.3 Å². The zero-order valence-corrected chi connectivity index (χ0v) is 18.8. The van der Waals surface area contributed by atoms with Gasteiger partial charge in [-0.2, -0.15) is 0 Å². The maximum absolute atomic E-state index is 13.3. The first-order valence-corrected chi connectivity index (χ1v) is 11.3. The van der Waals surface area contributed by atoms with Gasteiger partial charge in [0.2, 0.25) is 0 Å². The fraction of sp³-hybridized carbons (Fsp3) is 0.375. The number of benzene rings is 1. The predicted molar refractivity (Wildman–Crippen MR) is 123 cm³/mol. The Labute approximate surface area is 183 Å². The third-order valence-electron chi connectivity index (χ3n) is 5.16. The summed E-state index contributed by atoms with van der Waals surface area (Å²) in [7, 11) is 0. The van der Waals surface area contributed by atoms with Crippen LogP contribution >= 0.6 is 11.3 Å². The van der Waals surface area contributed by atoms with Crippen molar-refractivity contribution in [3.8, 4) is 5.75 Å². The summed E-state index contributed by atoms with van der Waals surface area (Å²) in [6.45, 7) is 6.80. The fourth-order valence-corrected chi connectivity index (χ4v) is 4.19. The van der Waals surface area contributed by atoms with E-state index in [9.17, 15) is 4.79 Å². The Morgan fingerprint density at radius 3 is 2.87 bits per heavy atom. The van der Waals surface area contributed by atoms with Gasteiger partial charge in [0.05, 0.1) is 6.54 Å². The molecule has 0 fully saturated rings. The number of aryl methyl sites for hydroxylation is 1. The first kappa shape index (κ1) is 22.1. The van der Waals surface area contributed by atoms with Crippen LogP contribution in [0.4, 0.5) is 0 Å². The lowest BCUT2D eigenvalue weighted by molar-refractivity contribution is -0.131. The molecule has 3 rings (SSSR count). The lowest BCUT2D eigenvalue weighted by Crippen LogP contribution is -2.34. The molecule has 1 amide bonds. The molecule has 0 spiro atoms. The maximum Gasteiger partial charge on any atom is 0.265 e. The largest absolute Gasteiger partial charge is 0.483 e. The van der Waals surface area contributed by atoms with Gasteiger partial charge >= 0.3 is 0 Å². The van der Waals surface area contributed by atoms with E-state index in [0.717, 1.165) is 52.4 Å². The molecule has 1 aliphatic carbocycles. The molecule has 1 aliphatic rings. The molecule has 0 saturated heterocycles. The zero-order valence-electron chi connectivity index (χ0n) is 18.0. The van der Waals surface area contributed by atoms with E-state index in [1.165, 1.54) is 0 Å². The standard InChI is InChI=1S/C24H31N3O2S/c1-17(2)22-11-10-18(3)13-23(22)29-16-24(28)27(15-21-9-6-12-30-21)20-8-5-4-7-19(14-20)26-25/h6,8-14,17,26H,4-5,7,15-16,25H2,1-3H3. The van der Waals surface area contributed by atoms with Crippen molar-refractivity contribution in [3.05, 3.63) is 75.3 Å². The highest BCUT2D eigenvalue weighted by atomic mass is 32.1. The minimum atomic E-state index is -0.0691. The van der Waals surface area contributed by atoms with E-state index in [1.807, 2.05) is 36.6 Å². The molecule has 30 heavy (non-hydrogen) atoms. The van der Waals surface area contributed by atoms with Crippen LogP contribution in [0, 0.1) is 6.92 Å². The quantitative estimate of drug-likeness (QED) is 0.461. The van der Waals surface area contributed by atoms with Gasteiger partial charge in [-0.25, -0.2) is 0 Å². The smallest absolute Gasteiger partial charge is 0.265 e. The summed E-state index contributed by atoms with van der Waals surface area (Å²) in [5.41, 5.74) is 6.80. The average Bonchev–Trinajstić information content (AvgIpc) is 3.13. The molecule has 2 aromatic rings. The number of nitrogens with zero attached hydrogens (tertiary/aromatic N) is 1. The Hall–Kier alpha value is -2.57. The lowest BCUT2D eigenvalue weighted by Gasteiger charge is -2.24. The van der Waals surface area contributed by atoms with Gasteiger partial charge in [-0.3, -0.25) is 10.6 Å². The third-order valence-corrected chi connectivity index (χ3v) is 6.02. The number of hydrazine groups is 1. The first-order valence-electron chi connectivity index (χ1n) is 10.4. The highest BCUT2D eigenvalue weighted by Crippen LogP contribution is 2.28. The summed E-state index contributed by atoms with van der Waals surface area (Å²) < 4.78 is 6.04. The lowest BCUT2D eigenvalue weighted by atomic mass is 10.0. The average molecular weight is 426 g/mol. The Morgan fingerprint density at radius 1 is 1.33 bits per heavy atom. The Morgan fingerprint density at radius 2 is 2.17 bits per heavy atom. The molecular weight excluding hydrogens is 394 g/mol. The number of thiophene rings is 1. The van der Waals surface area contributed by atoms with Crippen molar-refractivity contribution < 1.29 is 9.53 Å². The summed E-state index contributed by atoms with van der Waals surface area (Å²) in [6, 6.07) is 10.2. The van der Waals surface area contributed by atoms with Gasteiger partial charge in [-0.05, 0) is 66.8 Å². The summed E-state index contributed by atoms with van der Waals surface area (Å²) in [5.74, 6) is 6.70. The van der Waals surface area contributed by atoms with Gasteiger partial charge in [0.25, 0.3) is 5.91 Å². The molecule has 1 heterocycles. The summed E-state index contributed by atoms with van der Waals surface area (Å²) >= 11 is 1.64. The van der Waals surface area contributed by atoms with Crippen molar-refractivity contribution in [1.82, 2.24) is 10.3 Å². The zero-order chi connectivity index (χ0) is 21.5. The van der Waals surface area contributed by atoms with E-state index in [2.05, 4.69) is 37.5 Å². The van der Waals surface area contributed by atoms with Crippen molar-refractivity contribution in [2.24, 2.45) is 5.84 Å². The van der Waals surface area contributed by atoms with E-state index in [-0.39, 0.29) is 12.5 Å². The number of allylic oxidation sites excluding steroid dienone is 3. The van der Waals surface area contributed by atoms with Crippen LogP contribution in [-0.2, 0) is 11.3 Å². The molecule has 0 saturated carbocycles. The van der Waals surface area contributed by atoms with Gasteiger partial charge in [-0.15, -0.1) is 11.3 Å². The Balaban J connectivity index is 1.82. The number of nitrogens with one attached hydrogen (secondary N) is 1. The molecular formula is C24H31N3O2S. The summed E-state index contributed by atoms with van der Waals surface area (Å²) in [5, 5.41) is 2.03. The summed E-state index contributed by atoms with van der Waals surface area (Å²) in [4.78, 5) is 16.2. The van der Waals surface area contributed by atoms with Crippen molar-refractivity contribution in [1.29, 1.82) is 0 Å². The third kappa shape index (κ3) is 5.74. The van der Waals surface area contributed by atoms with Gasteiger partial charge in [0.15, 0.2) is 6.61 Å². The molecule has 5 nitrogen and oxygen atoms in total. The van der Waals surface area contributed by atoms with Crippen LogP contribution in [0.5, 0.6) is 5.75 Å². The molecule has 0 atom stereocenters. The van der Waals surface area contributed by atoms with Crippen molar-refractivity contribution in [3.63, 3.8) is 0 Å². The molecule has 0 bridgehead atoms. The van der Waals surface area contributed by atoms with Crippen LogP contribution in [0.15, 0.2) is 59.3 Å². The van der Waals surface area contributed by atoms with Gasteiger partial charge < -0.3 is 15.1 Å². The van der Waals surface area contributed by atoms with E-state index in [4.69, 9.17) is 10.6 Å². The molecule has 1 aromatic carbocycles. The molecule has 0 unspecified atom stereocenters. The molecule has 0 radical (unpaired) electrons. The van der Waals surface area contributed by atoms with Crippen LogP contribution in [0.3, 0.4) is 0 Å². The fourth-order valence-electron chi connectivity index (χ4n) is 3.50. The molecule has 1 aromatic heterocycles. The molecule has 6 heteroatoms. The van der Waals surface area contributed by atoms with Crippen LogP contribution in [0.2, 0.25) is 0 Å². The molecule has 0 aliphatic heterocycles. The number of hydrogen-bond donors (Lipinski definition) is 2. The number of carbonyl (C=O) groups excluding carboxylic acids is 1. The van der Waals surface area contributed by atoms with Crippen LogP contribution < -0.4 is 16.0 Å². The highest BCUT2D eigenvalue weighted by molar-refractivity contribution is 7.09. The van der Waals surface area contributed by atoms with Gasteiger partial charge in [0.1, 0.15) is 5.75 Å². The number of ether oxygens (including phenoxy) is 1. The topological polar surface area (TPSA) is 67.6 Å². The van der Waals surface area contributed by atoms with E-state index >= 15 is 0 Å². The normalized spacial score (nSPS) is 14.0. The Bertz CT molecular complexity index is 917. The second kappa shape index (κ2) is 10.5. The number of hydrogen-bond acceptors (Lipinski definition) is 5. The number of nitrogens with two attached hydrogens (primary N) is 1. The highest BCUT2D eigenvalue weighted by Gasteiger charge is 2.21. The van der Waals surface area contributed by atoms with Crippen LogP contribution in [-0.4, -0.2) is 17.4 Å². The summed E-state index contributed by atoms with van der Waals surface area (Å²) in [6.07, 6.45) is 6.86. The second-order valence-corrected chi connectivity index (χ2v) is 8.91. The second-order valence-electron chi connectivity index (χ2n) is 7.88. The van der Waals surface area contributed by atoms with Crippen LogP contribution in [0.1, 0.15) is 55.0 Å². The molecule has 3 N–H and O–H groups in total. The predicted octanol–water partition coefficient (Wildman–Crippen LogP) is 5.00.